The number of nitrogens with zero attached hydrogens (tertiary/aromatic N) is 2. The summed E-state index contributed by atoms with van der Waals surface area (Å²) in [5, 5.41) is 9.07. The summed E-state index contributed by atoms with van der Waals surface area (Å²) in [6, 6.07) is 8.37. The van der Waals surface area contributed by atoms with Gasteiger partial charge in [0.25, 0.3) is 0 Å². The number of imidazole rings is 1. The Hall–Kier alpha value is -2.20. The van der Waals surface area contributed by atoms with E-state index >= 15 is 0 Å². The summed E-state index contributed by atoms with van der Waals surface area (Å²) < 4.78 is 0. The molecule has 0 aliphatic heterocycles. The maximum absolute atomic E-state index is 9.07. The van der Waals surface area contributed by atoms with E-state index in [9.17, 15) is 0 Å². The molecule has 4 heteroatoms. The molecule has 2 N–H and O–H groups in total. The molecule has 0 aliphatic carbocycles. The number of aliphatic hydroxyl groups is 1. The van der Waals surface area contributed by atoms with Gasteiger partial charge < -0.3 is 10.1 Å². The van der Waals surface area contributed by atoms with E-state index < -0.39 is 0 Å². The van der Waals surface area contributed by atoms with Crippen molar-refractivity contribution < 1.29 is 5.11 Å². The SMILES string of the molecule is Cc1nc2nc(CC(C)(C)C)[nH]c2c(C)c1-c1ccc(CCO)cc1. The lowest BCUT2D eigenvalue weighted by atomic mass is 9.92. The number of aliphatic hydroxyl groups excluding tert-OH is 1. The molecule has 0 spiro atoms. The Balaban J connectivity index is 2.06. The number of hydrogen-bond donors (Lipinski definition) is 2. The molecule has 0 saturated carbocycles. The van der Waals surface area contributed by atoms with Crippen molar-refractivity contribution in [2.75, 3.05) is 6.61 Å². The minimum absolute atomic E-state index is 0.176. The van der Waals surface area contributed by atoms with Gasteiger partial charge >= 0.3 is 0 Å². The topological polar surface area (TPSA) is 61.8 Å². The third-order valence-corrected chi connectivity index (χ3v) is 4.46. The van der Waals surface area contributed by atoms with Crippen molar-refractivity contribution in [1.29, 1.82) is 0 Å². The van der Waals surface area contributed by atoms with Crippen LogP contribution in [-0.4, -0.2) is 26.7 Å². The van der Waals surface area contributed by atoms with Gasteiger partial charge in [0.15, 0.2) is 5.65 Å². The summed E-state index contributed by atoms with van der Waals surface area (Å²) in [7, 11) is 0. The number of aryl methyl sites for hydroxylation is 2. The summed E-state index contributed by atoms with van der Waals surface area (Å²) in [4.78, 5) is 12.9. The Morgan fingerprint density at radius 1 is 1.04 bits per heavy atom. The van der Waals surface area contributed by atoms with E-state index in [4.69, 9.17) is 15.1 Å². The van der Waals surface area contributed by atoms with Crippen molar-refractivity contribution in [3.8, 4) is 11.1 Å². The maximum atomic E-state index is 9.07. The van der Waals surface area contributed by atoms with Gasteiger partial charge in [-0.25, -0.2) is 9.97 Å². The summed E-state index contributed by atoms with van der Waals surface area (Å²) in [6.45, 7) is 11.0. The van der Waals surface area contributed by atoms with Gasteiger partial charge in [0, 0.05) is 24.3 Å². The van der Waals surface area contributed by atoms with Gasteiger partial charge in [0.1, 0.15) is 5.82 Å². The third-order valence-electron chi connectivity index (χ3n) is 4.46. The zero-order chi connectivity index (χ0) is 18.2. The van der Waals surface area contributed by atoms with Gasteiger partial charge in [0.2, 0.25) is 0 Å². The maximum Gasteiger partial charge on any atom is 0.178 e. The van der Waals surface area contributed by atoms with Crippen molar-refractivity contribution in [1.82, 2.24) is 15.0 Å². The molecule has 0 aliphatic rings. The monoisotopic (exact) mass is 337 g/mol. The molecule has 25 heavy (non-hydrogen) atoms. The van der Waals surface area contributed by atoms with Gasteiger partial charge in [0.05, 0.1) is 5.52 Å². The van der Waals surface area contributed by atoms with Gasteiger partial charge in [-0.05, 0) is 42.4 Å². The van der Waals surface area contributed by atoms with E-state index in [1.807, 2.05) is 6.92 Å². The number of pyridine rings is 1. The molecule has 1 aromatic carbocycles. The highest BCUT2D eigenvalue weighted by molar-refractivity contribution is 5.85. The zero-order valence-electron chi connectivity index (χ0n) is 15.8. The second-order valence-electron chi connectivity index (χ2n) is 7.99. The van der Waals surface area contributed by atoms with Crippen LogP contribution >= 0.6 is 0 Å². The standard InChI is InChI=1S/C21H27N3O/c1-13-18(16-8-6-15(7-9-16)10-11-25)14(2)22-20-19(13)23-17(24-20)12-21(3,4)5/h6-9,25H,10-12H2,1-5H3,(H,22,23,24). The molecule has 3 aromatic rings. The van der Waals surface area contributed by atoms with E-state index in [1.54, 1.807) is 0 Å². The average molecular weight is 337 g/mol. The first-order valence-electron chi connectivity index (χ1n) is 8.84. The number of fused-ring (bicyclic) bond motifs is 1. The van der Waals surface area contributed by atoms with Crippen molar-refractivity contribution >= 4 is 11.2 Å². The molecule has 0 atom stereocenters. The van der Waals surface area contributed by atoms with Crippen LogP contribution in [0.3, 0.4) is 0 Å². The first-order valence-corrected chi connectivity index (χ1v) is 8.84. The number of H-pyrrole nitrogens is 1. The van der Waals surface area contributed by atoms with Crippen LogP contribution in [-0.2, 0) is 12.8 Å². The van der Waals surface area contributed by atoms with Gasteiger partial charge in [-0.2, -0.15) is 0 Å². The van der Waals surface area contributed by atoms with Crippen molar-refractivity contribution in [3.05, 3.63) is 46.9 Å². The molecule has 0 saturated heterocycles. The Morgan fingerprint density at radius 3 is 2.32 bits per heavy atom. The molecular formula is C21H27N3O. The molecule has 4 nitrogen and oxygen atoms in total. The van der Waals surface area contributed by atoms with Crippen LogP contribution in [0, 0.1) is 19.3 Å². The highest BCUT2D eigenvalue weighted by Gasteiger charge is 2.18. The number of aromatic amines is 1. The molecule has 0 unspecified atom stereocenters. The molecule has 0 amide bonds. The summed E-state index contributed by atoms with van der Waals surface area (Å²) >= 11 is 0. The molecule has 0 radical (unpaired) electrons. The van der Waals surface area contributed by atoms with Gasteiger partial charge in [-0.1, -0.05) is 45.0 Å². The Morgan fingerprint density at radius 2 is 1.72 bits per heavy atom. The smallest absolute Gasteiger partial charge is 0.178 e. The minimum Gasteiger partial charge on any atom is -0.396 e. The third kappa shape index (κ3) is 3.74. The summed E-state index contributed by atoms with van der Waals surface area (Å²) in [5.41, 5.74) is 7.65. The fourth-order valence-corrected chi connectivity index (χ4v) is 3.34. The Labute approximate surface area is 149 Å². The first kappa shape index (κ1) is 17.6. The van der Waals surface area contributed by atoms with E-state index in [-0.39, 0.29) is 12.0 Å². The van der Waals surface area contributed by atoms with Crippen LogP contribution in [0.4, 0.5) is 0 Å². The molecule has 0 bridgehead atoms. The lowest BCUT2D eigenvalue weighted by molar-refractivity contribution is 0.299. The minimum atomic E-state index is 0.176. The average Bonchev–Trinajstić information content (AvgIpc) is 2.89. The highest BCUT2D eigenvalue weighted by Crippen LogP contribution is 2.31. The predicted molar refractivity (Wildman–Crippen MR) is 103 cm³/mol. The zero-order valence-corrected chi connectivity index (χ0v) is 15.8. The molecular weight excluding hydrogens is 310 g/mol. The number of hydrogen-bond acceptors (Lipinski definition) is 3. The molecule has 2 aromatic heterocycles. The Kier molecular flexibility index (Phi) is 4.65. The quantitative estimate of drug-likeness (QED) is 0.743. The summed E-state index contributed by atoms with van der Waals surface area (Å²) in [5.74, 6) is 0.993. The second kappa shape index (κ2) is 6.60. The largest absolute Gasteiger partial charge is 0.396 e. The van der Waals surface area contributed by atoms with E-state index in [0.29, 0.717) is 6.42 Å². The van der Waals surface area contributed by atoms with Gasteiger partial charge in [-0.15, -0.1) is 0 Å². The van der Waals surface area contributed by atoms with E-state index in [2.05, 4.69) is 56.9 Å². The molecule has 2 heterocycles. The van der Waals surface area contributed by atoms with Crippen molar-refractivity contribution in [2.24, 2.45) is 5.41 Å². The van der Waals surface area contributed by atoms with Crippen LogP contribution in [0.25, 0.3) is 22.3 Å². The number of aromatic nitrogens is 3. The fraction of sp³-hybridized carbons (Fsp3) is 0.429. The first-order chi connectivity index (χ1) is 11.8. The van der Waals surface area contributed by atoms with Gasteiger partial charge in [-0.3, -0.25) is 0 Å². The lowest BCUT2D eigenvalue weighted by Crippen LogP contribution is -2.10. The predicted octanol–water partition coefficient (Wildman–Crippen LogP) is 4.37. The van der Waals surface area contributed by atoms with Crippen LogP contribution in [0.15, 0.2) is 24.3 Å². The second-order valence-corrected chi connectivity index (χ2v) is 7.99. The van der Waals surface area contributed by atoms with Crippen molar-refractivity contribution in [2.45, 2.75) is 47.5 Å². The lowest BCUT2D eigenvalue weighted by Gasteiger charge is -2.15. The Bertz CT molecular complexity index is 886. The number of rotatable bonds is 4. The van der Waals surface area contributed by atoms with Crippen molar-refractivity contribution in [3.63, 3.8) is 0 Å². The summed E-state index contributed by atoms with van der Waals surface area (Å²) in [6.07, 6.45) is 1.58. The number of benzene rings is 1. The molecule has 3 rings (SSSR count). The highest BCUT2D eigenvalue weighted by atomic mass is 16.2. The van der Waals surface area contributed by atoms with Crippen LogP contribution < -0.4 is 0 Å². The van der Waals surface area contributed by atoms with Crippen LogP contribution in [0.5, 0.6) is 0 Å². The normalized spacial score (nSPS) is 12.1. The molecule has 132 valence electrons. The van der Waals surface area contributed by atoms with E-state index in [0.717, 1.165) is 45.8 Å². The van der Waals surface area contributed by atoms with Crippen LogP contribution in [0.2, 0.25) is 0 Å². The fourth-order valence-electron chi connectivity index (χ4n) is 3.34. The van der Waals surface area contributed by atoms with Crippen LogP contribution in [0.1, 0.15) is 43.4 Å². The number of nitrogens with one attached hydrogen (secondary N) is 1. The molecule has 0 fully saturated rings. The van der Waals surface area contributed by atoms with E-state index in [1.165, 1.54) is 5.56 Å².